The molecular formula is C8H9N5. The fourth-order valence-electron chi connectivity index (χ4n) is 1.06. The molecule has 2 aromatic rings. The van der Waals surface area contributed by atoms with Crippen LogP contribution in [0.15, 0.2) is 24.5 Å². The van der Waals surface area contributed by atoms with Crippen molar-refractivity contribution in [3.63, 3.8) is 0 Å². The molecule has 2 aromatic heterocycles. The van der Waals surface area contributed by atoms with Gasteiger partial charge in [0.1, 0.15) is 5.82 Å². The van der Waals surface area contributed by atoms with Gasteiger partial charge in [-0.25, -0.2) is 4.68 Å². The lowest BCUT2D eigenvalue weighted by atomic mass is 10.3. The molecule has 0 aliphatic rings. The second-order valence-corrected chi connectivity index (χ2v) is 2.75. The van der Waals surface area contributed by atoms with Crippen molar-refractivity contribution in [2.75, 3.05) is 0 Å². The molecule has 0 saturated heterocycles. The number of tetrazole rings is 1. The van der Waals surface area contributed by atoms with Gasteiger partial charge in [-0.1, -0.05) is 6.07 Å². The summed E-state index contributed by atoms with van der Waals surface area (Å²) >= 11 is 0. The monoisotopic (exact) mass is 175 g/mol. The Hall–Kier alpha value is -1.78. The van der Waals surface area contributed by atoms with Gasteiger partial charge in [0.05, 0.1) is 6.54 Å². The molecule has 0 atom stereocenters. The third-order valence-corrected chi connectivity index (χ3v) is 1.77. The van der Waals surface area contributed by atoms with Gasteiger partial charge in [-0.15, -0.1) is 5.10 Å². The lowest BCUT2D eigenvalue weighted by Gasteiger charge is -1.99. The van der Waals surface area contributed by atoms with Gasteiger partial charge in [0.2, 0.25) is 0 Å². The van der Waals surface area contributed by atoms with Crippen molar-refractivity contribution in [1.82, 2.24) is 25.2 Å². The van der Waals surface area contributed by atoms with E-state index in [4.69, 9.17) is 0 Å². The highest BCUT2D eigenvalue weighted by Gasteiger charge is 2.00. The van der Waals surface area contributed by atoms with Crippen molar-refractivity contribution in [1.29, 1.82) is 0 Å². The predicted octanol–water partition coefficient (Wildman–Crippen LogP) is 0.425. The molecule has 0 aliphatic heterocycles. The molecule has 0 fully saturated rings. The van der Waals surface area contributed by atoms with Gasteiger partial charge in [0.25, 0.3) is 0 Å². The fourth-order valence-corrected chi connectivity index (χ4v) is 1.06. The number of nitrogens with zero attached hydrogens (tertiary/aromatic N) is 5. The SMILES string of the molecule is Cc1nnnn1Cc1cccnc1. The minimum Gasteiger partial charge on any atom is -0.264 e. The van der Waals surface area contributed by atoms with Gasteiger partial charge >= 0.3 is 0 Å². The summed E-state index contributed by atoms with van der Waals surface area (Å²) in [4.78, 5) is 4.01. The van der Waals surface area contributed by atoms with Crippen LogP contribution in [0.25, 0.3) is 0 Å². The number of hydrogen-bond acceptors (Lipinski definition) is 4. The first kappa shape index (κ1) is 7.85. The summed E-state index contributed by atoms with van der Waals surface area (Å²) in [5.41, 5.74) is 1.10. The first-order valence-corrected chi connectivity index (χ1v) is 3.98. The molecule has 0 spiro atoms. The van der Waals surface area contributed by atoms with E-state index in [0.717, 1.165) is 11.4 Å². The summed E-state index contributed by atoms with van der Waals surface area (Å²) < 4.78 is 1.73. The Morgan fingerprint density at radius 3 is 3.00 bits per heavy atom. The molecule has 0 unspecified atom stereocenters. The summed E-state index contributed by atoms with van der Waals surface area (Å²) in [6, 6.07) is 3.89. The van der Waals surface area contributed by atoms with Gasteiger partial charge in [0, 0.05) is 12.4 Å². The van der Waals surface area contributed by atoms with Crippen molar-refractivity contribution in [3.05, 3.63) is 35.9 Å². The summed E-state index contributed by atoms with van der Waals surface area (Å²) in [5, 5.41) is 11.2. The summed E-state index contributed by atoms with van der Waals surface area (Å²) in [6.07, 6.45) is 3.55. The first-order valence-electron chi connectivity index (χ1n) is 3.98. The molecule has 66 valence electrons. The van der Waals surface area contributed by atoms with Crippen molar-refractivity contribution in [2.45, 2.75) is 13.5 Å². The molecular weight excluding hydrogens is 166 g/mol. The maximum absolute atomic E-state index is 4.01. The van der Waals surface area contributed by atoms with Crippen LogP contribution in [0.5, 0.6) is 0 Å². The van der Waals surface area contributed by atoms with Gasteiger partial charge < -0.3 is 0 Å². The zero-order chi connectivity index (χ0) is 9.10. The molecule has 0 N–H and O–H groups in total. The molecule has 5 heteroatoms. The first-order chi connectivity index (χ1) is 6.36. The highest BCUT2D eigenvalue weighted by atomic mass is 15.5. The minimum absolute atomic E-state index is 0.673. The molecule has 0 saturated carbocycles. The average molecular weight is 175 g/mol. The van der Waals surface area contributed by atoms with E-state index in [9.17, 15) is 0 Å². The van der Waals surface area contributed by atoms with Crippen LogP contribution in [-0.4, -0.2) is 25.2 Å². The zero-order valence-corrected chi connectivity index (χ0v) is 7.25. The van der Waals surface area contributed by atoms with Crippen molar-refractivity contribution in [3.8, 4) is 0 Å². The Morgan fingerprint density at radius 2 is 2.38 bits per heavy atom. The molecule has 0 aromatic carbocycles. The number of aryl methyl sites for hydroxylation is 1. The Labute approximate surface area is 75.4 Å². The fraction of sp³-hybridized carbons (Fsp3) is 0.250. The molecule has 5 nitrogen and oxygen atoms in total. The Bertz CT molecular complexity index is 380. The van der Waals surface area contributed by atoms with Crippen LogP contribution in [0.2, 0.25) is 0 Å². The van der Waals surface area contributed by atoms with E-state index in [1.165, 1.54) is 0 Å². The summed E-state index contributed by atoms with van der Waals surface area (Å²) in [7, 11) is 0. The standard InChI is InChI=1S/C8H9N5/c1-7-10-11-12-13(7)6-8-3-2-4-9-5-8/h2-5H,6H2,1H3. The number of hydrogen-bond donors (Lipinski definition) is 0. The summed E-state index contributed by atoms with van der Waals surface area (Å²) in [5.74, 6) is 0.809. The quantitative estimate of drug-likeness (QED) is 0.664. The maximum atomic E-state index is 4.01. The van der Waals surface area contributed by atoms with Gasteiger partial charge in [-0.3, -0.25) is 4.98 Å². The second-order valence-electron chi connectivity index (χ2n) is 2.75. The van der Waals surface area contributed by atoms with E-state index in [0.29, 0.717) is 6.54 Å². The van der Waals surface area contributed by atoms with E-state index in [2.05, 4.69) is 20.5 Å². The van der Waals surface area contributed by atoms with Crippen molar-refractivity contribution < 1.29 is 0 Å². The van der Waals surface area contributed by atoms with Crippen LogP contribution in [-0.2, 0) is 6.54 Å². The van der Waals surface area contributed by atoms with Gasteiger partial charge in [-0.2, -0.15) is 0 Å². The van der Waals surface area contributed by atoms with Gasteiger partial charge in [-0.05, 0) is 29.0 Å². The number of pyridine rings is 1. The minimum atomic E-state index is 0.673. The van der Waals surface area contributed by atoms with Crippen LogP contribution in [0.4, 0.5) is 0 Å². The van der Waals surface area contributed by atoms with E-state index < -0.39 is 0 Å². The molecule has 0 radical (unpaired) electrons. The van der Waals surface area contributed by atoms with E-state index >= 15 is 0 Å². The lowest BCUT2D eigenvalue weighted by Crippen LogP contribution is -2.04. The van der Waals surface area contributed by atoms with Crippen LogP contribution in [0.3, 0.4) is 0 Å². The lowest BCUT2D eigenvalue weighted by molar-refractivity contribution is 0.632. The Balaban J connectivity index is 2.20. The van der Waals surface area contributed by atoms with Gasteiger partial charge in [0.15, 0.2) is 0 Å². The summed E-state index contributed by atoms with van der Waals surface area (Å²) in [6.45, 7) is 2.54. The number of aromatic nitrogens is 5. The predicted molar refractivity (Wildman–Crippen MR) is 45.9 cm³/mol. The van der Waals surface area contributed by atoms with Crippen LogP contribution < -0.4 is 0 Å². The van der Waals surface area contributed by atoms with Crippen molar-refractivity contribution >= 4 is 0 Å². The third-order valence-electron chi connectivity index (χ3n) is 1.77. The highest BCUT2D eigenvalue weighted by Crippen LogP contribution is 1.99. The maximum Gasteiger partial charge on any atom is 0.148 e. The zero-order valence-electron chi connectivity index (χ0n) is 7.25. The normalized spacial score (nSPS) is 10.2. The van der Waals surface area contributed by atoms with Crippen LogP contribution in [0.1, 0.15) is 11.4 Å². The van der Waals surface area contributed by atoms with E-state index in [1.54, 1.807) is 17.1 Å². The molecule has 0 amide bonds. The largest absolute Gasteiger partial charge is 0.264 e. The molecule has 2 rings (SSSR count). The second kappa shape index (κ2) is 3.30. The van der Waals surface area contributed by atoms with E-state index in [1.807, 2.05) is 19.1 Å². The van der Waals surface area contributed by atoms with Crippen molar-refractivity contribution in [2.24, 2.45) is 0 Å². The third kappa shape index (κ3) is 1.69. The highest BCUT2D eigenvalue weighted by molar-refractivity contribution is 5.08. The topological polar surface area (TPSA) is 56.5 Å². The van der Waals surface area contributed by atoms with Crippen LogP contribution in [0, 0.1) is 6.92 Å². The molecule has 0 aliphatic carbocycles. The Morgan fingerprint density at radius 1 is 1.46 bits per heavy atom. The van der Waals surface area contributed by atoms with E-state index in [-0.39, 0.29) is 0 Å². The molecule has 0 bridgehead atoms. The van der Waals surface area contributed by atoms with Crippen LogP contribution >= 0.6 is 0 Å². The smallest absolute Gasteiger partial charge is 0.148 e. The average Bonchev–Trinajstić information content (AvgIpc) is 2.54. The number of rotatable bonds is 2. The molecule has 2 heterocycles. The Kier molecular flexibility index (Phi) is 1.99. The molecule has 13 heavy (non-hydrogen) atoms.